The van der Waals surface area contributed by atoms with Crippen LogP contribution in [0.5, 0.6) is 5.75 Å². The Hall–Kier alpha value is -1.76. The van der Waals surface area contributed by atoms with Gasteiger partial charge in [0, 0.05) is 5.56 Å². The van der Waals surface area contributed by atoms with Gasteiger partial charge < -0.3 is 5.11 Å². The van der Waals surface area contributed by atoms with Gasteiger partial charge in [-0.3, -0.25) is 0 Å². The van der Waals surface area contributed by atoms with Gasteiger partial charge in [0.05, 0.1) is 0 Å². The maximum Gasteiger partial charge on any atom is 0.123 e. The molecule has 0 spiro atoms. The Labute approximate surface area is 103 Å². The first-order valence-electron chi connectivity index (χ1n) is 6.16. The topological polar surface area (TPSA) is 20.2 Å². The molecule has 1 heteroatoms. The van der Waals surface area contributed by atoms with Crippen molar-refractivity contribution in [1.82, 2.24) is 0 Å². The third kappa shape index (κ3) is 2.33. The van der Waals surface area contributed by atoms with Gasteiger partial charge in [-0.15, -0.1) is 0 Å². The normalized spacial score (nSPS) is 10.5. The molecule has 0 aliphatic heterocycles. The van der Waals surface area contributed by atoms with Crippen molar-refractivity contribution >= 4 is 0 Å². The van der Waals surface area contributed by atoms with E-state index in [1.54, 1.807) is 0 Å². The molecule has 0 amide bonds. The van der Waals surface area contributed by atoms with Crippen molar-refractivity contribution in [2.24, 2.45) is 0 Å². The van der Waals surface area contributed by atoms with Crippen LogP contribution in [0.15, 0.2) is 42.5 Å². The highest BCUT2D eigenvalue weighted by atomic mass is 16.3. The molecule has 0 radical (unpaired) electrons. The van der Waals surface area contributed by atoms with E-state index in [-0.39, 0.29) is 0 Å². The molecule has 1 nitrogen and oxygen atoms in total. The van der Waals surface area contributed by atoms with Crippen LogP contribution < -0.4 is 0 Å². The minimum Gasteiger partial charge on any atom is -0.507 e. The van der Waals surface area contributed by atoms with Gasteiger partial charge in [0.15, 0.2) is 0 Å². The van der Waals surface area contributed by atoms with Gasteiger partial charge in [-0.05, 0) is 35.6 Å². The predicted molar refractivity (Wildman–Crippen MR) is 72.3 cm³/mol. The van der Waals surface area contributed by atoms with Gasteiger partial charge >= 0.3 is 0 Å². The lowest BCUT2D eigenvalue weighted by atomic mass is 9.94. The Balaban J connectivity index is 2.61. The molecule has 17 heavy (non-hydrogen) atoms. The van der Waals surface area contributed by atoms with Crippen LogP contribution in [0.4, 0.5) is 0 Å². The summed E-state index contributed by atoms with van der Waals surface area (Å²) in [5, 5.41) is 10.2. The first-order valence-corrected chi connectivity index (χ1v) is 6.16. The molecule has 2 aromatic rings. The summed E-state index contributed by atoms with van der Waals surface area (Å²) in [6.45, 7) is 4.23. The van der Waals surface area contributed by atoms with Crippen LogP contribution in [-0.2, 0) is 12.8 Å². The van der Waals surface area contributed by atoms with Crippen molar-refractivity contribution in [2.75, 3.05) is 0 Å². The van der Waals surface area contributed by atoms with Gasteiger partial charge in [0.1, 0.15) is 5.75 Å². The SMILES string of the molecule is CCc1cc(O)c(-c2ccccc2)c(CC)c1. The van der Waals surface area contributed by atoms with Crippen LogP contribution in [0.25, 0.3) is 11.1 Å². The van der Waals surface area contributed by atoms with Crippen LogP contribution in [0.3, 0.4) is 0 Å². The van der Waals surface area contributed by atoms with Gasteiger partial charge in [-0.25, -0.2) is 0 Å². The molecule has 88 valence electrons. The number of phenols is 1. The Morgan fingerprint density at radius 1 is 0.941 bits per heavy atom. The van der Waals surface area contributed by atoms with E-state index >= 15 is 0 Å². The maximum atomic E-state index is 10.2. The van der Waals surface area contributed by atoms with Gasteiger partial charge in [0.25, 0.3) is 0 Å². The Bertz CT molecular complexity index is 500. The number of hydrogen-bond donors (Lipinski definition) is 1. The van der Waals surface area contributed by atoms with E-state index in [1.165, 1.54) is 11.1 Å². The van der Waals surface area contributed by atoms with Crippen molar-refractivity contribution < 1.29 is 5.11 Å². The minimum atomic E-state index is 0.396. The van der Waals surface area contributed by atoms with E-state index in [0.717, 1.165) is 24.0 Å². The second-order valence-electron chi connectivity index (χ2n) is 4.22. The lowest BCUT2D eigenvalue weighted by molar-refractivity contribution is 0.476. The summed E-state index contributed by atoms with van der Waals surface area (Å²) in [6, 6.07) is 14.2. The zero-order chi connectivity index (χ0) is 12.3. The molecule has 0 bridgehead atoms. The highest BCUT2D eigenvalue weighted by Crippen LogP contribution is 2.34. The van der Waals surface area contributed by atoms with Crippen molar-refractivity contribution in [3.63, 3.8) is 0 Å². The molecular formula is C16H18O. The lowest BCUT2D eigenvalue weighted by Crippen LogP contribution is -1.92. The lowest BCUT2D eigenvalue weighted by Gasteiger charge is -2.12. The second kappa shape index (κ2) is 5.05. The fourth-order valence-electron chi connectivity index (χ4n) is 2.17. The van der Waals surface area contributed by atoms with Crippen molar-refractivity contribution in [3.05, 3.63) is 53.6 Å². The first-order chi connectivity index (χ1) is 8.26. The summed E-state index contributed by atoms with van der Waals surface area (Å²) >= 11 is 0. The van der Waals surface area contributed by atoms with Gasteiger partial charge in [0.2, 0.25) is 0 Å². The number of hydrogen-bond acceptors (Lipinski definition) is 1. The van der Waals surface area contributed by atoms with Gasteiger partial charge in [-0.2, -0.15) is 0 Å². The summed E-state index contributed by atoms with van der Waals surface area (Å²) < 4.78 is 0. The van der Waals surface area contributed by atoms with Crippen molar-refractivity contribution in [2.45, 2.75) is 26.7 Å². The van der Waals surface area contributed by atoms with Crippen LogP contribution in [-0.4, -0.2) is 5.11 Å². The molecule has 0 saturated heterocycles. The average Bonchev–Trinajstić information content (AvgIpc) is 2.38. The Morgan fingerprint density at radius 2 is 1.65 bits per heavy atom. The molecule has 1 N–H and O–H groups in total. The average molecular weight is 226 g/mol. The van der Waals surface area contributed by atoms with Crippen LogP contribution >= 0.6 is 0 Å². The third-order valence-corrected chi connectivity index (χ3v) is 3.11. The number of aromatic hydroxyl groups is 1. The molecule has 0 aromatic heterocycles. The summed E-state index contributed by atoms with van der Waals surface area (Å²) in [6.07, 6.45) is 1.89. The highest BCUT2D eigenvalue weighted by Gasteiger charge is 2.10. The third-order valence-electron chi connectivity index (χ3n) is 3.11. The fraction of sp³-hybridized carbons (Fsp3) is 0.250. The van der Waals surface area contributed by atoms with E-state index in [1.807, 2.05) is 36.4 Å². The highest BCUT2D eigenvalue weighted by molar-refractivity contribution is 5.74. The molecule has 2 aromatic carbocycles. The van der Waals surface area contributed by atoms with Crippen LogP contribution in [0.1, 0.15) is 25.0 Å². The summed E-state index contributed by atoms with van der Waals surface area (Å²) in [5.74, 6) is 0.396. The van der Waals surface area contributed by atoms with Crippen LogP contribution in [0, 0.1) is 0 Å². The zero-order valence-corrected chi connectivity index (χ0v) is 10.4. The maximum absolute atomic E-state index is 10.2. The number of benzene rings is 2. The number of rotatable bonds is 3. The Kier molecular flexibility index (Phi) is 3.48. The first kappa shape index (κ1) is 11.7. The molecule has 0 aliphatic carbocycles. The smallest absolute Gasteiger partial charge is 0.123 e. The van der Waals surface area contributed by atoms with Crippen molar-refractivity contribution in [1.29, 1.82) is 0 Å². The number of aryl methyl sites for hydroxylation is 2. The molecule has 0 fully saturated rings. The van der Waals surface area contributed by atoms with E-state index in [9.17, 15) is 5.11 Å². The largest absolute Gasteiger partial charge is 0.507 e. The zero-order valence-electron chi connectivity index (χ0n) is 10.4. The molecular weight excluding hydrogens is 208 g/mol. The minimum absolute atomic E-state index is 0.396. The van der Waals surface area contributed by atoms with Crippen LogP contribution in [0.2, 0.25) is 0 Å². The van der Waals surface area contributed by atoms with E-state index in [2.05, 4.69) is 19.9 Å². The molecule has 0 unspecified atom stereocenters. The second-order valence-corrected chi connectivity index (χ2v) is 4.22. The standard InChI is InChI=1S/C16H18O/c1-3-12-10-13(4-2)16(15(17)11-12)14-8-6-5-7-9-14/h5-11,17H,3-4H2,1-2H3. The van der Waals surface area contributed by atoms with E-state index in [4.69, 9.17) is 0 Å². The van der Waals surface area contributed by atoms with E-state index in [0.29, 0.717) is 5.75 Å². The monoisotopic (exact) mass is 226 g/mol. The van der Waals surface area contributed by atoms with Crippen molar-refractivity contribution in [3.8, 4) is 16.9 Å². The molecule has 0 atom stereocenters. The quantitative estimate of drug-likeness (QED) is 0.832. The Morgan fingerprint density at radius 3 is 2.24 bits per heavy atom. The summed E-state index contributed by atoms with van der Waals surface area (Å²) in [5.41, 5.74) is 4.47. The predicted octanol–water partition coefficient (Wildman–Crippen LogP) is 4.18. The molecule has 0 aliphatic rings. The summed E-state index contributed by atoms with van der Waals surface area (Å²) in [7, 11) is 0. The number of phenolic OH excluding ortho intramolecular Hbond substituents is 1. The molecule has 0 saturated carbocycles. The fourth-order valence-corrected chi connectivity index (χ4v) is 2.17. The molecule has 2 rings (SSSR count). The van der Waals surface area contributed by atoms with E-state index < -0.39 is 0 Å². The molecule has 0 heterocycles. The van der Waals surface area contributed by atoms with Gasteiger partial charge in [-0.1, -0.05) is 50.2 Å². The summed E-state index contributed by atoms with van der Waals surface area (Å²) in [4.78, 5) is 0.